The number of aliphatic carboxylic acids is 1. The second-order valence-electron chi connectivity index (χ2n) is 3.57. The summed E-state index contributed by atoms with van der Waals surface area (Å²) in [5, 5.41) is 11.9. The van der Waals surface area contributed by atoms with Gasteiger partial charge in [0.1, 0.15) is 5.72 Å². The second kappa shape index (κ2) is 2.71. The van der Waals surface area contributed by atoms with Crippen molar-refractivity contribution in [2.45, 2.75) is 25.0 Å². The summed E-state index contributed by atoms with van der Waals surface area (Å²) < 4.78 is 5.51. The molecule has 1 heterocycles. The predicted octanol–water partition coefficient (Wildman–Crippen LogP) is 0.187. The fraction of sp³-hybridized carbons (Fsp3) is 0.875. The average Bonchev–Trinajstić information content (AvgIpc) is 2.01. The van der Waals surface area contributed by atoms with Gasteiger partial charge in [-0.25, -0.2) is 0 Å². The largest absolute Gasteiger partial charge is 0.481 e. The van der Waals surface area contributed by atoms with E-state index in [1.165, 1.54) is 0 Å². The quantitative estimate of drug-likeness (QED) is 0.591. The maximum absolute atomic E-state index is 10.5. The van der Waals surface area contributed by atoms with E-state index in [1.807, 2.05) is 0 Å². The Morgan fingerprint density at radius 3 is 2.83 bits per heavy atom. The minimum absolute atomic E-state index is 0.199. The predicted molar refractivity (Wildman–Crippen MR) is 41.7 cm³/mol. The molecule has 1 aliphatic heterocycles. The number of nitrogens with one attached hydrogen (secondary N) is 1. The van der Waals surface area contributed by atoms with Crippen LogP contribution in [-0.4, -0.2) is 30.0 Å². The highest BCUT2D eigenvalue weighted by molar-refractivity contribution is 5.71. The number of ether oxygens (including phenoxy) is 1. The molecule has 68 valence electrons. The Bertz CT molecular complexity index is 190. The molecular weight excluding hydrogens is 158 g/mol. The third-order valence-corrected chi connectivity index (χ3v) is 2.65. The molecule has 0 unspecified atom stereocenters. The van der Waals surface area contributed by atoms with Crippen molar-refractivity contribution in [1.82, 2.24) is 5.32 Å². The lowest BCUT2D eigenvalue weighted by Crippen LogP contribution is -2.61. The molecule has 1 saturated heterocycles. The summed E-state index contributed by atoms with van der Waals surface area (Å²) in [7, 11) is 0. The first-order valence-corrected chi connectivity index (χ1v) is 4.34. The van der Waals surface area contributed by atoms with E-state index in [0.29, 0.717) is 12.8 Å². The summed E-state index contributed by atoms with van der Waals surface area (Å²) >= 11 is 0. The van der Waals surface area contributed by atoms with Gasteiger partial charge in [-0.2, -0.15) is 0 Å². The molecule has 2 N–H and O–H groups in total. The van der Waals surface area contributed by atoms with Crippen LogP contribution in [-0.2, 0) is 9.53 Å². The van der Waals surface area contributed by atoms with Gasteiger partial charge in [-0.15, -0.1) is 0 Å². The molecule has 0 atom stereocenters. The van der Waals surface area contributed by atoms with Crippen molar-refractivity contribution < 1.29 is 14.6 Å². The molecule has 12 heavy (non-hydrogen) atoms. The first-order chi connectivity index (χ1) is 5.72. The number of rotatable bonds is 1. The van der Waals surface area contributed by atoms with Gasteiger partial charge in [-0.05, 0) is 13.0 Å². The van der Waals surface area contributed by atoms with Crippen LogP contribution in [0.5, 0.6) is 0 Å². The Hall–Kier alpha value is -0.610. The minimum Gasteiger partial charge on any atom is -0.481 e. The Kier molecular flexibility index (Phi) is 1.81. The van der Waals surface area contributed by atoms with Gasteiger partial charge in [0.2, 0.25) is 0 Å². The van der Waals surface area contributed by atoms with E-state index in [1.54, 1.807) is 0 Å². The van der Waals surface area contributed by atoms with Crippen molar-refractivity contribution >= 4 is 5.97 Å². The van der Waals surface area contributed by atoms with Gasteiger partial charge in [0.05, 0.1) is 12.5 Å². The zero-order valence-corrected chi connectivity index (χ0v) is 6.88. The van der Waals surface area contributed by atoms with Crippen molar-refractivity contribution in [2.24, 2.45) is 5.92 Å². The van der Waals surface area contributed by atoms with Gasteiger partial charge in [0, 0.05) is 12.8 Å². The Morgan fingerprint density at radius 2 is 2.33 bits per heavy atom. The third-order valence-electron chi connectivity index (χ3n) is 2.65. The average molecular weight is 171 g/mol. The number of hydrogen-bond donors (Lipinski definition) is 2. The van der Waals surface area contributed by atoms with Crippen LogP contribution in [0.25, 0.3) is 0 Å². The summed E-state index contributed by atoms with van der Waals surface area (Å²) in [6, 6.07) is 0. The molecule has 0 aromatic rings. The van der Waals surface area contributed by atoms with Crippen LogP contribution in [0.2, 0.25) is 0 Å². The van der Waals surface area contributed by atoms with E-state index in [2.05, 4.69) is 5.32 Å². The minimum atomic E-state index is -0.698. The van der Waals surface area contributed by atoms with Crippen LogP contribution in [0.3, 0.4) is 0 Å². The molecule has 0 aromatic carbocycles. The summed E-state index contributed by atoms with van der Waals surface area (Å²) in [6.07, 6.45) is 2.28. The number of carboxylic acids is 1. The lowest BCUT2D eigenvalue weighted by Gasteiger charge is -2.48. The second-order valence-corrected chi connectivity index (χ2v) is 3.57. The van der Waals surface area contributed by atoms with E-state index < -0.39 is 5.97 Å². The summed E-state index contributed by atoms with van der Waals surface area (Å²) in [5.41, 5.74) is -0.276. The molecule has 2 fully saturated rings. The molecule has 4 heteroatoms. The lowest BCUT2D eigenvalue weighted by molar-refractivity contribution is -0.186. The van der Waals surface area contributed by atoms with Gasteiger partial charge in [0.15, 0.2) is 0 Å². The number of carboxylic acid groups (broad SMARTS) is 1. The van der Waals surface area contributed by atoms with Gasteiger partial charge in [0.25, 0.3) is 0 Å². The molecular formula is C8H13NO3. The molecule has 1 spiro atoms. The fourth-order valence-electron chi connectivity index (χ4n) is 1.88. The molecule has 0 bridgehead atoms. The molecule has 1 saturated carbocycles. The van der Waals surface area contributed by atoms with Crippen molar-refractivity contribution in [3.63, 3.8) is 0 Å². The van der Waals surface area contributed by atoms with Gasteiger partial charge in [-0.1, -0.05) is 0 Å². The molecule has 0 radical (unpaired) electrons. The number of hydrogen-bond acceptors (Lipinski definition) is 3. The standard InChI is InChI=1S/C8H13NO3/c10-7(11)6-4-8(5-6)9-2-1-3-12-8/h6,9H,1-5H2,(H,10,11). The molecule has 4 nitrogen and oxygen atoms in total. The molecule has 2 aliphatic rings. The van der Waals surface area contributed by atoms with E-state index in [4.69, 9.17) is 9.84 Å². The summed E-state index contributed by atoms with van der Waals surface area (Å²) in [6.45, 7) is 1.71. The number of carbonyl (C=O) groups is 1. The maximum Gasteiger partial charge on any atom is 0.306 e. The highest BCUT2D eigenvalue weighted by Crippen LogP contribution is 2.40. The fourth-order valence-corrected chi connectivity index (χ4v) is 1.88. The molecule has 0 aromatic heterocycles. The smallest absolute Gasteiger partial charge is 0.306 e. The van der Waals surface area contributed by atoms with Crippen molar-refractivity contribution in [3.8, 4) is 0 Å². The highest BCUT2D eigenvalue weighted by Gasteiger charge is 2.49. The van der Waals surface area contributed by atoms with E-state index in [-0.39, 0.29) is 11.6 Å². The first kappa shape index (κ1) is 8.01. The van der Waals surface area contributed by atoms with Crippen LogP contribution in [0, 0.1) is 5.92 Å². The van der Waals surface area contributed by atoms with Crippen LogP contribution in [0.4, 0.5) is 0 Å². The SMILES string of the molecule is O=C(O)C1CC2(C1)NCCCO2. The van der Waals surface area contributed by atoms with Crippen LogP contribution < -0.4 is 5.32 Å². The van der Waals surface area contributed by atoms with Gasteiger partial charge in [-0.3, -0.25) is 10.1 Å². The molecule has 1 aliphatic carbocycles. The lowest BCUT2D eigenvalue weighted by atomic mass is 9.76. The van der Waals surface area contributed by atoms with Crippen molar-refractivity contribution in [2.75, 3.05) is 13.2 Å². The van der Waals surface area contributed by atoms with Gasteiger partial charge >= 0.3 is 5.97 Å². The van der Waals surface area contributed by atoms with E-state index >= 15 is 0 Å². The zero-order valence-electron chi connectivity index (χ0n) is 6.88. The Labute approximate surface area is 70.9 Å². The van der Waals surface area contributed by atoms with Crippen molar-refractivity contribution in [3.05, 3.63) is 0 Å². The maximum atomic E-state index is 10.5. The summed E-state index contributed by atoms with van der Waals surface area (Å²) in [4.78, 5) is 10.5. The van der Waals surface area contributed by atoms with Crippen molar-refractivity contribution in [1.29, 1.82) is 0 Å². The molecule has 0 amide bonds. The topological polar surface area (TPSA) is 58.6 Å². The highest BCUT2D eigenvalue weighted by atomic mass is 16.5. The first-order valence-electron chi connectivity index (χ1n) is 4.34. The van der Waals surface area contributed by atoms with Gasteiger partial charge < -0.3 is 9.84 Å². The van der Waals surface area contributed by atoms with E-state index in [0.717, 1.165) is 19.6 Å². The van der Waals surface area contributed by atoms with Crippen LogP contribution in [0.15, 0.2) is 0 Å². The monoisotopic (exact) mass is 171 g/mol. The zero-order chi connectivity index (χ0) is 8.60. The molecule has 2 rings (SSSR count). The Morgan fingerprint density at radius 1 is 1.58 bits per heavy atom. The normalized spacial score (nSPS) is 40.8. The Balaban J connectivity index is 1.88. The van der Waals surface area contributed by atoms with Crippen LogP contribution in [0.1, 0.15) is 19.3 Å². The summed E-state index contributed by atoms with van der Waals surface area (Å²) in [5.74, 6) is -0.896. The van der Waals surface area contributed by atoms with Crippen LogP contribution >= 0.6 is 0 Å². The van der Waals surface area contributed by atoms with E-state index in [9.17, 15) is 4.79 Å². The third kappa shape index (κ3) is 1.21.